The predicted octanol–water partition coefficient (Wildman–Crippen LogP) is 2.69. The van der Waals surface area contributed by atoms with E-state index in [1.807, 2.05) is 0 Å². The molecule has 0 radical (unpaired) electrons. The Morgan fingerprint density at radius 1 is 0.958 bits per heavy atom. The number of nitrogens with two attached hydrogens (primary N) is 3. The summed E-state index contributed by atoms with van der Waals surface area (Å²) in [7, 11) is 0. The zero-order chi connectivity index (χ0) is 17.9. The number of carbonyl (C=O) groups is 1. The molecule has 0 saturated heterocycles. The van der Waals surface area contributed by atoms with Gasteiger partial charge in [-0.25, -0.2) is 0 Å². The summed E-state index contributed by atoms with van der Waals surface area (Å²) in [6.07, 6.45) is 1.33. The van der Waals surface area contributed by atoms with Crippen LogP contribution in [0.4, 0.5) is 13.2 Å². The Morgan fingerprint density at radius 3 is 2.08 bits per heavy atom. The lowest BCUT2D eigenvalue weighted by Gasteiger charge is -2.37. The molecule has 140 valence electrons. The van der Waals surface area contributed by atoms with Gasteiger partial charge in [0.05, 0.1) is 5.92 Å². The molecule has 0 heterocycles. The van der Waals surface area contributed by atoms with Crippen molar-refractivity contribution in [2.75, 3.05) is 0 Å². The standard InChI is InChI=1S/C17H30F3N3O/c18-17(19,20)13-3-1-2-12(8-13)15(22)9-14(21)10-4-6-11(7-5-10)16(23)24/h10-15H,1-9,21-22H2,(H2,23,24). The van der Waals surface area contributed by atoms with Gasteiger partial charge in [0.2, 0.25) is 5.91 Å². The van der Waals surface area contributed by atoms with Gasteiger partial charge in [-0.05, 0) is 63.2 Å². The molecule has 7 heteroatoms. The maximum atomic E-state index is 12.9. The molecule has 0 aromatic carbocycles. The Balaban J connectivity index is 1.81. The minimum absolute atomic E-state index is 0.0620. The van der Waals surface area contributed by atoms with Crippen LogP contribution in [0.25, 0.3) is 0 Å². The molecular weight excluding hydrogens is 319 g/mol. The monoisotopic (exact) mass is 349 g/mol. The van der Waals surface area contributed by atoms with Crippen molar-refractivity contribution < 1.29 is 18.0 Å². The first kappa shape index (κ1) is 19.5. The molecular formula is C17H30F3N3O. The molecule has 0 aliphatic heterocycles. The van der Waals surface area contributed by atoms with E-state index in [1.54, 1.807) is 0 Å². The number of carbonyl (C=O) groups excluding carboxylic acids is 1. The Hall–Kier alpha value is -0.820. The summed E-state index contributed by atoms with van der Waals surface area (Å²) < 4.78 is 38.8. The Labute approximate surface area is 141 Å². The van der Waals surface area contributed by atoms with Gasteiger partial charge < -0.3 is 17.2 Å². The molecule has 2 fully saturated rings. The summed E-state index contributed by atoms with van der Waals surface area (Å²) in [5.74, 6) is -1.34. The highest BCUT2D eigenvalue weighted by Crippen LogP contribution is 2.41. The van der Waals surface area contributed by atoms with E-state index in [2.05, 4.69) is 0 Å². The third-order valence-electron chi connectivity index (χ3n) is 6.11. The highest BCUT2D eigenvalue weighted by atomic mass is 19.4. The number of amides is 1. The van der Waals surface area contributed by atoms with Crippen molar-refractivity contribution >= 4 is 5.91 Å². The van der Waals surface area contributed by atoms with E-state index in [0.29, 0.717) is 12.8 Å². The topological polar surface area (TPSA) is 95.1 Å². The predicted molar refractivity (Wildman–Crippen MR) is 86.7 cm³/mol. The molecule has 2 aliphatic rings. The molecule has 4 unspecified atom stereocenters. The van der Waals surface area contributed by atoms with Gasteiger partial charge in [-0.2, -0.15) is 13.2 Å². The number of primary amides is 1. The molecule has 0 bridgehead atoms. The van der Waals surface area contributed by atoms with Crippen molar-refractivity contribution in [1.82, 2.24) is 0 Å². The summed E-state index contributed by atoms with van der Waals surface area (Å²) in [4.78, 5) is 11.2. The lowest BCUT2D eigenvalue weighted by molar-refractivity contribution is -0.186. The van der Waals surface area contributed by atoms with Gasteiger partial charge in [0.15, 0.2) is 0 Å². The second kappa shape index (κ2) is 8.04. The third-order valence-corrected chi connectivity index (χ3v) is 6.11. The molecule has 24 heavy (non-hydrogen) atoms. The van der Waals surface area contributed by atoms with E-state index < -0.39 is 12.1 Å². The van der Waals surface area contributed by atoms with Crippen molar-refractivity contribution in [2.45, 2.75) is 76.0 Å². The molecule has 0 spiro atoms. The summed E-state index contributed by atoms with van der Waals surface area (Å²) in [6.45, 7) is 0. The summed E-state index contributed by atoms with van der Waals surface area (Å²) >= 11 is 0. The molecule has 2 rings (SSSR count). The lowest BCUT2D eigenvalue weighted by Crippen LogP contribution is -2.44. The fourth-order valence-electron chi connectivity index (χ4n) is 4.44. The van der Waals surface area contributed by atoms with Gasteiger partial charge in [0.25, 0.3) is 0 Å². The average Bonchev–Trinajstić information content (AvgIpc) is 2.54. The van der Waals surface area contributed by atoms with Crippen molar-refractivity contribution in [3.63, 3.8) is 0 Å². The van der Waals surface area contributed by atoms with E-state index in [-0.39, 0.29) is 48.6 Å². The molecule has 2 aliphatic carbocycles. The van der Waals surface area contributed by atoms with E-state index >= 15 is 0 Å². The smallest absolute Gasteiger partial charge is 0.369 e. The van der Waals surface area contributed by atoms with E-state index in [0.717, 1.165) is 32.1 Å². The fourth-order valence-corrected chi connectivity index (χ4v) is 4.44. The fraction of sp³-hybridized carbons (Fsp3) is 0.941. The van der Waals surface area contributed by atoms with E-state index in [4.69, 9.17) is 17.2 Å². The van der Waals surface area contributed by atoms with Gasteiger partial charge in [0.1, 0.15) is 0 Å². The second-order valence-electron chi connectivity index (χ2n) is 7.74. The van der Waals surface area contributed by atoms with Crippen LogP contribution in [0.15, 0.2) is 0 Å². The Bertz CT molecular complexity index is 422. The van der Waals surface area contributed by atoms with Crippen molar-refractivity contribution in [3.05, 3.63) is 0 Å². The minimum Gasteiger partial charge on any atom is -0.369 e. The molecule has 4 nitrogen and oxygen atoms in total. The van der Waals surface area contributed by atoms with Crippen molar-refractivity contribution in [3.8, 4) is 0 Å². The normalized spacial score (nSPS) is 34.5. The van der Waals surface area contributed by atoms with Gasteiger partial charge in [-0.1, -0.05) is 6.42 Å². The van der Waals surface area contributed by atoms with Crippen LogP contribution in [0.1, 0.15) is 57.8 Å². The summed E-state index contributed by atoms with van der Waals surface area (Å²) in [5, 5.41) is 0. The Morgan fingerprint density at radius 2 is 1.54 bits per heavy atom. The lowest BCUT2D eigenvalue weighted by atomic mass is 9.73. The van der Waals surface area contributed by atoms with Crippen LogP contribution in [0.2, 0.25) is 0 Å². The average molecular weight is 349 g/mol. The van der Waals surface area contributed by atoms with Gasteiger partial charge in [-0.3, -0.25) is 4.79 Å². The van der Waals surface area contributed by atoms with Crippen LogP contribution in [-0.2, 0) is 4.79 Å². The van der Waals surface area contributed by atoms with Crippen molar-refractivity contribution in [1.29, 1.82) is 0 Å². The van der Waals surface area contributed by atoms with Crippen LogP contribution in [-0.4, -0.2) is 24.2 Å². The maximum absolute atomic E-state index is 12.9. The first-order chi connectivity index (χ1) is 11.2. The van der Waals surface area contributed by atoms with Crippen LogP contribution in [0.3, 0.4) is 0 Å². The molecule has 1 amide bonds. The highest BCUT2D eigenvalue weighted by Gasteiger charge is 2.43. The molecule has 4 atom stereocenters. The van der Waals surface area contributed by atoms with E-state index in [9.17, 15) is 18.0 Å². The first-order valence-electron chi connectivity index (χ1n) is 9.05. The van der Waals surface area contributed by atoms with Gasteiger partial charge >= 0.3 is 6.18 Å². The highest BCUT2D eigenvalue weighted by molar-refractivity contribution is 5.76. The number of alkyl halides is 3. The van der Waals surface area contributed by atoms with Crippen LogP contribution in [0, 0.1) is 23.7 Å². The SMILES string of the molecule is NC(=O)C1CCC(C(N)CC(N)C2CCCC(C(F)(F)F)C2)CC1. The third kappa shape index (κ3) is 5.09. The van der Waals surface area contributed by atoms with Gasteiger partial charge in [-0.15, -0.1) is 0 Å². The zero-order valence-electron chi connectivity index (χ0n) is 14.1. The molecule has 0 aromatic heterocycles. The largest absolute Gasteiger partial charge is 0.391 e. The van der Waals surface area contributed by atoms with Crippen LogP contribution in [0.5, 0.6) is 0 Å². The molecule has 6 N–H and O–H groups in total. The first-order valence-corrected chi connectivity index (χ1v) is 9.05. The maximum Gasteiger partial charge on any atom is 0.391 e. The number of hydrogen-bond acceptors (Lipinski definition) is 3. The van der Waals surface area contributed by atoms with Gasteiger partial charge in [0, 0.05) is 18.0 Å². The summed E-state index contributed by atoms with van der Waals surface area (Å²) in [6, 6.07) is -0.390. The molecule has 0 aromatic rings. The zero-order valence-corrected chi connectivity index (χ0v) is 14.1. The number of hydrogen-bond donors (Lipinski definition) is 3. The Kier molecular flexibility index (Phi) is 6.53. The van der Waals surface area contributed by atoms with Crippen LogP contribution >= 0.6 is 0 Å². The number of rotatable bonds is 5. The second-order valence-corrected chi connectivity index (χ2v) is 7.74. The van der Waals surface area contributed by atoms with Crippen LogP contribution < -0.4 is 17.2 Å². The minimum atomic E-state index is -4.12. The molecule has 2 saturated carbocycles. The number of halogens is 3. The van der Waals surface area contributed by atoms with E-state index in [1.165, 1.54) is 0 Å². The quantitative estimate of drug-likeness (QED) is 0.712. The van der Waals surface area contributed by atoms with Crippen molar-refractivity contribution in [2.24, 2.45) is 40.9 Å². The summed E-state index contributed by atoms with van der Waals surface area (Å²) in [5.41, 5.74) is 17.8.